The molecule has 0 saturated heterocycles. The third-order valence-corrected chi connectivity index (χ3v) is 5.22. The third kappa shape index (κ3) is 2.82. The summed E-state index contributed by atoms with van der Waals surface area (Å²) in [4.78, 5) is 28.1. The standard InChI is InChI=1S/C22H12ClN5O2/c1-11-12(9-24)3-2-4-14(11)20-19(26-16-5-6-18(29)27-22(16)28-20)13-7-15(23)21-17(8-13)30-10-25-21/h2-8,10H,1H3,(H,27,28,29). The maximum atomic E-state index is 11.8. The number of nitriles is 1. The smallest absolute Gasteiger partial charge is 0.249 e. The highest BCUT2D eigenvalue weighted by Gasteiger charge is 2.18. The van der Waals surface area contributed by atoms with Gasteiger partial charge in [0.15, 0.2) is 17.6 Å². The van der Waals surface area contributed by atoms with Crippen molar-refractivity contribution in [2.75, 3.05) is 0 Å². The van der Waals surface area contributed by atoms with Crippen molar-refractivity contribution < 1.29 is 4.42 Å². The molecule has 0 spiro atoms. The number of hydrogen-bond donors (Lipinski definition) is 1. The van der Waals surface area contributed by atoms with E-state index in [-0.39, 0.29) is 5.56 Å². The summed E-state index contributed by atoms with van der Waals surface area (Å²) in [6.45, 7) is 1.85. The molecule has 0 amide bonds. The van der Waals surface area contributed by atoms with Crippen LogP contribution in [-0.4, -0.2) is 19.9 Å². The predicted molar refractivity (Wildman–Crippen MR) is 113 cm³/mol. The van der Waals surface area contributed by atoms with Crippen LogP contribution in [0.5, 0.6) is 0 Å². The Hall–Kier alpha value is -4.02. The fraction of sp³-hybridized carbons (Fsp3) is 0.0455. The van der Waals surface area contributed by atoms with Gasteiger partial charge in [0.05, 0.1) is 28.0 Å². The Kier molecular flexibility index (Phi) is 4.09. The van der Waals surface area contributed by atoms with Gasteiger partial charge in [-0.2, -0.15) is 5.26 Å². The van der Waals surface area contributed by atoms with Gasteiger partial charge in [-0.3, -0.25) is 4.79 Å². The van der Waals surface area contributed by atoms with Crippen LogP contribution in [-0.2, 0) is 0 Å². The molecule has 0 aliphatic heterocycles. The first-order valence-electron chi connectivity index (χ1n) is 8.99. The lowest BCUT2D eigenvalue weighted by Crippen LogP contribution is -2.06. The topological polar surface area (TPSA) is 108 Å². The van der Waals surface area contributed by atoms with Crippen molar-refractivity contribution in [2.45, 2.75) is 6.92 Å². The van der Waals surface area contributed by atoms with Crippen molar-refractivity contribution in [1.29, 1.82) is 5.26 Å². The van der Waals surface area contributed by atoms with E-state index in [1.807, 2.05) is 13.0 Å². The van der Waals surface area contributed by atoms with Crippen LogP contribution >= 0.6 is 11.6 Å². The monoisotopic (exact) mass is 413 g/mol. The molecule has 0 bridgehead atoms. The summed E-state index contributed by atoms with van der Waals surface area (Å²) < 4.78 is 5.44. The number of nitrogens with zero attached hydrogens (tertiary/aromatic N) is 4. The van der Waals surface area contributed by atoms with Crippen LogP contribution < -0.4 is 5.56 Å². The van der Waals surface area contributed by atoms with E-state index >= 15 is 0 Å². The van der Waals surface area contributed by atoms with E-state index in [2.05, 4.69) is 16.0 Å². The Morgan fingerprint density at radius 2 is 2.00 bits per heavy atom. The van der Waals surface area contributed by atoms with E-state index in [0.29, 0.717) is 49.8 Å². The van der Waals surface area contributed by atoms with Gasteiger partial charge in [0.2, 0.25) is 5.56 Å². The molecule has 3 aromatic heterocycles. The SMILES string of the molecule is Cc1c(C#N)cccc1-c1nc2[nH]c(=O)ccc2nc1-c1cc(Cl)c2ncoc2c1. The van der Waals surface area contributed by atoms with Gasteiger partial charge in [-0.15, -0.1) is 0 Å². The summed E-state index contributed by atoms with van der Waals surface area (Å²) >= 11 is 6.41. The number of aromatic amines is 1. The van der Waals surface area contributed by atoms with E-state index in [1.165, 1.54) is 12.5 Å². The summed E-state index contributed by atoms with van der Waals surface area (Å²) in [6.07, 6.45) is 1.33. The van der Waals surface area contributed by atoms with E-state index in [0.717, 1.165) is 11.1 Å². The molecule has 0 fully saturated rings. The average Bonchev–Trinajstić information content (AvgIpc) is 3.22. The van der Waals surface area contributed by atoms with Gasteiger partial charge in [0.25, 0.3) is 0 Å². The fourth-order valence-corrected chi connectivity index (χ4v) is 3.69. The molecule has 1 N–H and O–H groups in total. The van der Waals surface area contributed by atoms with Gasteiger partial charge in [0, 0.05) is 17.2 Å². The number of nitrogens with one attached hydrogen (secondary N) is 1. The molecule has 7 nitrogen and oxygen atoms in total. The van der Waals surface area contributed by atoms with Gasteiger partial charge < -0.3 is 9.40 Å². The molecule has 30 heavy (non-hydrogen) atoms. The minimum absolute atomic E-state index is 0.274. The number of halogens is 1. The zero-order chi connectivity index (χ0) is 20.8. The summed E-state index contributed by atoms with van der Waals surface area (Å²) in [7, 11) is 0. The number of benzene rings is 2. The Morgan fingerprint density at radius 3 is 2.83 bits per heavy atom. The highest BCUT2D eigenvalue weighted by Crippen LogP contribution is 2.36. The van der Waals surface area contributed by atoms with Crippen molar-refractivity contribution in [3.63, 3.8) is 0 Å². The van der Waals surface area contributed by atoms with Crippen LogP contribution in [0.3, 0.4) is 0 Å². The van der Waals surface area contributed by atoms with Crippen LogP contribution in [0, 0.1) is 18.3 Å². The quantitative estimate of drug-likeness (QED) is 0.452. The number of fused-ring (bicyclic) bond motifs is 2. The Bertz CT molecular complexity index is 1560. The number of H-pyrrole nitrogens is 1. The zero-order valence-corrected chi connectivity index (χ0v) is 16.4. The lowest BCUT2D eigenvalue weighted by Gasteiger charge is -2.13. The second-order valence-electron chi connectivity index (χ2n) is 6.72. The first-order valence-corrected chi connectivity index (χ1v) is 9.37. The molecular formula is C22H12ClN5O2. The highest BCUT2D eigenvalue weighted by molar-refractivity contribution is 6.35. The zero-order valence-electron chi connectivity index (χ0n) is 15.6. The van der Waals surface area contributed by atoms with Crippen molar-refractivity contribution in [2.24, 2.45) is 0 Å². The van der Waals surface area contributed by atoms with Gasteiger partial charge in [-0.25, -0.2) is 15.0 Å². The van der Waals surface area contributed by atoms with Crippen molar-refractivity contribution in [1.82, 2.24) is 19.9 Å². The van der Waals surface area contributed by atoms with Gasteiger partial charge in [0.1, 0.15) is 11.0 Å². The first-order chi connectivity index (χ1) is 14.5. The van der Waals surface area contributed by atoms with Crippen LogP contribution in [0.15, 0.2) is 58.1 Å². The molecule has 0 aliphatic rings. The molecule has 5 rings (SSSR count). The number of hydrogen-bond acceptors (Lipinski definition) is 6. The molecule has 144 valence electrons. The second kappa shape index (κ2) is 6.79. The van der Waals surface area contributed by atoms with E-state index in [4.69, 9.17) is 26.0 Å². The lowest BCUT2D eigenvalue weighted by atomic mass is 9.97. The Labute approximate surface area is 174 Å². The molecule has 0 radical (unpaired) electrons. The molecule has 0 unspecified atom stereocenters. The number of rotatable bonds is 2. The normalized spacial score (nSPS) is 11.1. The Balaban J connectivity index is 1.88. The molecule has 3 heterocycles. The van der Waals surface area contributed by atoms with Crippen molar-refractivity contribution >= 4 is 33.9 Å². The third-order valence-electron chi connectivity index (χ3n) is 4.93. The molecule has 0 aliphatic carbocycles. The molecule has 0 atom stereocenters. The number of pyridine rings is 1. The van der Waals surface area contributed by atoms with Crippen molar-refractivity contribution in [3.8, 4) is 28.6 Å². The maximum Gasteiger partial charge on any atom is 0.249 e. The van der Waals surface area contributed by atoms with Crippen LogP contribution in [0.25, 0.3) is 44.8 Å². The second-order valence-corrected chi connectivity index (χ2v) is 7.13. The van der Waals surface area contributed by atoms with Gasteiger partial charge in [-0.1, -0.05) is 23.7 Å². The van der Waals surface area contributed by atoms with Crippen LogP contribution in [0.2, 0.25) is 5.02 Å². The van der Waals surface area contributed by atoms with Crippen LogP contribution in [0.1, 0.15) is 11.1 Å². The lowest BCUT2D eigenvalue weighted by molar-refractivity contribution is 0.602. The summed E-state index contributed by atoms with van der Waals surface area (Å²) in [5.74, 6) is 0. The molecule has 5 aromatic rings. The van der Waals surface area contributed by atoms with Gasteiger partial charge in [-0.05, 0) is 36.8 Å². The largest absolute Gasteiger partial charge is 0.443 e. The van der Waals surface area contributed by atoms with Gasteiger partial charge >= 0.3 is 0 Å². The minimum Gasteiger partial charge on any atom is -0.443 e. The van der Waals surface area contributed by atoms with Crippen LogP contribution in [0.4, 0.5) is 0 Å². The summed E-state index contributed by atoms with van der Waals surface area (Å²) in [5.41, 5.74) is 5.47. The first kappa shape index (κ1) is 18.0. The van der Waals surface area contributed by atoms with E-state index in [1.54, 1.807) is 30.3 Å². The van der Waals surface area contributed by atoms with E-state index in [9.17, 15) is 10.1 Å². The number of oxazole rings is 1. The number of aromatic nitrogens is 4. The minimum atomic E-state index is -0.274. The molecular weight excluding hydrogens is 402 g/mol. The Morgan fingerprint density at radius 1 is 1.13 bits per heavy atom. The maximum absolute atomic E-state index is 11.8. The fourth-order valence-electron chi connectivity index (χ4n) is 3.43. The highest BCUT2D eigenvalue weighted by atomic mass is 35.5. The molecule has 8 heteroatoms. The summed E-state index contributed by atoms with van der Waals surface area (Å²) in [6, 6.07) is 14.1. The van der Waals surface area contributed by atoms with Crippen molar-refractivity contribution in [3.05, 3.63) is 75.4 Å². The average molecular weight is 414 g/mol. The predicted octanol–water partition coefficient (Wildman–Crippen LogP) is 4.63. The molecule has 0 saturated carbocycles. The summed E-state index contributed by atoms with van der Waals surface area (Å²) in [5, 5.41) is 9.87. The molecule has 2 aromatic carbocycles. The van der Waals surface area contributed by atoms with E-state index < -0.39 is 0 Å².